The molecule has 0 unspecified atom stereocenters. The van der Waals surface area contributed by atoms with Gasteiger partial charge in [-0.15, -0.1) is 0 Å². The van der Waals surface area contributed by atoms with Crippen LogP contribution in [0, 0.1) is 11.3 Å². The molecular formula is C11H12BrN3O. The molecular weight excluding hydrogens is 270 g/mol. The molecule has 0 N–H and O–H groups in total. The van der Waals surface area contributed by atoms with E-state index in [9.17, 15) is 4.79 Å². The van der Waals surface area contributed by atoms with E-state index >= 15 is 0 Å². The van der Waals surface area contributed by atoms with E-state index in [0.29, 0.717) is 29.8 Å². The lowest BCUT2D eigenvalue weighted by Gasteiger charge is -2.18. The van der Waals surface area contributed by atoms with E-state index in [1.807, 2.05) is 13.0 Å². The van der Waals surface area contributed by atoms with Crippen molar-refractivity contribution in [3.05, 3.63) is 28.5 Å². The number of hydrogen-bond acceptors (Lipinski definition) is 3. The summed E-state index contributed by atoms with van der Waals surface area (Å²) in [5.41, 5.74) is 0.397. The van der Waals surface area contributed by atoms with Crippen LogP contribution in [0.4, 0.5) is 0 Å². The van der Waals surface area contributed by atoms with Gasteiger partial charge in [0.15, 0.2) is 0 Å². The predicted octanol–water partition coefficient (Wildman–Crippen LogP) is 2.22. The summed E-state index contributed by atoms with van der Waals surface area (Å²) in [6, 6.07) is 7.23. The van der Waals surface area contributed by atoms with Gasteiger partial charge in [-0.05, 0) is 35.0 Å². The summed E-state index contributed by atoms with van der Waals surface area (Å²) < 4.78 is 0.634. The molecule has 16 heavy (non-hydrogen) atoms. The van der Waals surface area contributed by atoms with Crippen LogP contribution in [-0.2, 0) is 0 Å². The number of carbonyl (C=O) groups is 1. The van der Waals surface area contributed by atoms with Gasteiger partial charge < -0.3 is 4.90 Å². The zero-order valence-electron chi connectivity index (χ0n) is 8.98. The van der Waals surface area contributed by atoms with Crippen LogP contribution in [0.15, 0.2) is 22.8 Å². The lowest BCUT2D eigenvalue weighted by molar-refractivity contribution is 0.0761. The van der Waals surface area contributed by atoms with Crippen molar-refractivity contribution in [3.63, 3.8) is 0 Å². The predicted molar refractivity (Wildman–Crippen MR) is 63.7 cm³/mol. The normalized spacial score (nSPS) is 9.56. The van der Waals surface area contributed by atoms with Crippen molar-refractivity contribution >= 4 is 21.8 Å². The van der Waals surface area contributed by atoms with Crippen molar-refractivity contribution < 1.29 is 4.79 Å². The summed E-state index contributed by atoms with van der Waals surface area (Å²) in [5.74, 6) is -0.140. The fourth-order valence-electron chi connectivity index (χ4n) is 1.28. The third kappa shape index (κ3) is 3.31. The van der Waals surface area contributed by atoms with Crippen molar-refractivity contribution in [3.8, 4) is 6.07 Å². The van der Waals surface area contributed by atoms with Gasteiger partial charge in [0.25, 0.3) is 5.91 Å². The van der Waals surface area contributed by atoms with E-state index < -0.39 is 0 Å². The summed E-state index contributed by atoms with van der Waals surface area (Å²) in [6.07, 6.45) is 0.341. The highest BCUT2D eigenvalue weighted by Crippen LogP contribution is 2.08. The number of halogens is 1. The third-order valence-corrected chi connectivity index (χ3v) is 2.54. The molecule has 1 rings (SSSR count). The number of hydrogen-bond donors (Lipinski definition) is 0. The lowest BCUT2D eigenvalue weighted by atomic mass is 10.3. The molecule has 0 atom stereocenters. The summed E-state index contributed by atoms with van der Waals surface area (Å²) in [5, 5.41) is 8.50. The van der Waals surface area contributed by atoms with Gasteiger partial charge in [0.05, 0.1) is 12.5 Å². The topological polar surface area (TPSA) is 57.0 Å². The van der Waals surface area contributed by atoms with E-state index in [4.69, 9.17) is 5.26 Å². The maximum atomic E-state index is 12.0. The van der Waals surface area contributed by atoms with Gasteiger partial charge in [-0.3, -0.25) is 4.79 Å². The Morgan fingerprint density at radius 3 is 2.94 bits per heavy atom. The Balaban J connectivity index is 2.79. The number of pyridine rings is 1. The molecule has 0 aromatic carbocycles. The smallest absolute Gasteiger partial charge is 0.272 e. The van der Waals surface area contributed by atoms with Gasteiger partial charge in [0.2, 0.25) is 0 Å². The zero-order chi connectivity index (χ0) is 12.0. The van der Waals surface area contributed by atoms with Gasteiger partial charge in [-0.2, -0.15) is 5.26 Å². The molecule has 84 valence electrons. The van der Waals surface area contributed by atoms with Crippen molar-refractivity contribution in [2.24, 2.45) is 0 Å². The first-order valence-electron chi connectivity index (χ1n) is 4.97. The summed E-state index contributed by atoms with van der Waals surface area (Å²) in [7, 11) is 0. The molecule has 1 amide bonds. The highest BCUT2D eigenvalue weighted by molar-refractivity contribution is 9.10. The molecule has 5 heteroatoms. The molecule has 1 heterocycles. The Labute approximate surface area is 103 Å². The Hall–Kier alpha value is -1.41. The van der Waals surface area contributed by atoms with Crippen LogP contribution in [0.5, 0.6) is 0 Å². The Kier molecular flexibility index (Phi) is 4.93. The molecule has 0 saturated carbocycles. The minimum atomic E-state index is -0.140. The number of aromatic nitrogens is 1. The van der Waals surface area contributed by atoms with E-state index in [-0.39, 0.29) is 5.91 Å². The Bertz CT molecular complexity index is 414. The second kappa shape index (κ2) is 6.23. The van der Waals surface area contributed by atoms with Gasteiger partial charge in [-0.25, -0.2) is 4.98 Å². The van der Waals surface area contributed by atoms with Gasteiger partial charge in [0.1, 0.15) is 10.3 Å². The van der Waals surface area contributed by atoms with Gasteiger partial charge >= 0.3 is 0 Å². The number of nitrogens with zero attached hydrogens (tertiary/aromatic N) is 3. The van der Waals surface area contributed by atoms with Crippen LogP contribution in [0.2, 0.25) is 0 Å². The minimum absolute atomic E-state index is 0.140. The van der Waals surface area contributed by atoms with Crippen molar-refractivity contribution in [1.82, 2.24) is 9.88 Å². The van der Waals surface area contributed by atoms with E-state index in [1.54, 1.807) is 23.1 Å². The first-order valence-corrected chi connectivity index (χ1v) is 5.77. The molecule has 0 aliphatic carbocycles. The van der Waals surface area contributed by atoms with Crippen LogP contribution in [-0.4, -0.2) is 28.9 Å². The van der Waals surface area contributed by atoms with Crippen LogP contribution < -0.4 is 0 Å². The highest BCUT2D eigenvalue weighted by Gasteiger charge is 2.14. The van der Waals surface area contributed by atoms with E-state index in [2.05, 4.69) is 20.9 Å². The minimum Gasteiger partial charge on any atom is -0.337 e. The molecule has 0 radical (unpaired) electrons. The Morgan fingerprint density at radius 1 is 1.62 bits per heavy atom. The van der Waals surface area contributed by atoms with Crippen LogP contribution >= 0.6 is 15.9 Å². The zero-order valence-corrected chi connectivity index (χ0v) is 10.6. The number of nitriles is 1. The molecule has 1 aromatic rings. The molecule has 0 bridgehead atoms. The second-order valence-electron chi connectivity index (χ2n) is 3.14. The molecule has 0 saturated heterocycles. The fourth-order valence-corrected chi connectivity index (χ4v) is 1.62. The largest absolute Gasteiger partial charge is 0.337 e. The second-order valence-corrected chi connectivity index (χ2v) is 3.95. The molecule has 0 fully saturated rings. The average Bonchev–Trinajstić information content (AvgIpc) is 2.29. The van der Waals surface area contributed by atoms with Crippen LogP contribution in [0.25, 0.3) is 0 Å². The summed E-state index contributed by atoms with van der Waals surface area (Å²) in [6.45, 7) is 2.90. The SMILES string of the molecule is CCN(CCC#N)C(=O)c1cccc(Br)n1. The summed E-state index contributed by atoms with van der Waals surface area (Å²) >= 11 is 3.22. The number of carbonyl (C=O) groups excluding carboxylic acids is 1. The molecule has 1 aromatic heterocycles. The molecule has 0 aliphatic rings. The number of rotatable bonds is 4. The first kappa shape index (κ1) is 12.7. The van der Waals surface area contributed by atoms with Crippen LogP contribution in [0.1, 0.15) is 23.8 Å². The quantitative estimate of drug-likeness (QED) is 0.796. The third-order valence-electron chi connectivity index (χ3n) is 2.10. The van der Waals surface area contributed by atoms with Crippen molar-refractivity contribution in [2.75, 3.05) is 13.1 Å². The van der Waals surface area contributed by atoms with Gasteiger partial charge in [0, 0.05) is 13.1 Å². The molecule has 4 nitrogen and oxygen atoms in total. The first-order chi connectivity index (χ1) is 7.69. The number of amides is 1. The molecule has 0 aliphatic heterocycles. The fraction of sp³-hybridized carbons (Fsp3) is 0.364. The maximum Gasteiger partial charge on any atom is 0.272 e. The average molecular weight is 282 g/mol. The van der Waals surface area contributed by atoms with E-state index in [0.717, 1.165) is 0 Å². The Morgan fingerprint density at radius 2 is 2.38 bits per heavy atom. The summed E-state index contributed by atoms with van der Waals surface area (Å²) in [4.78, 5) is 17.7. The lowest BCUT2D eigenvalue weighted by Crippen LogP contribution is -2.32. The molecule has 0 spiro atoms. The highest BCUT2D eigenvalue weighted by atomic mass is 79.9. The standard InChI is InChI=1S/C11H12BrN3O/c1-2-15(8-4-7-13)11(16)9-5-3-6-10(12)14-9/h3,5-6H,2,4,8H2,1H3. The van der Waals surface area contributed by atoms with Crippen molar-refractivity contribution in [1.29, 1.82) is 5.26 Å². The van der Waals surface area contributed by atoms with Crippen LogP contribution in [0.3, 0.4) is 0 Å². The monoisotopic (exact) mass is 281 g/mol. The van der Waals surface area contributed by atoms with Gasteiger partial charge in [-0.1, -0.05) is 6.07 Å². The van der Waals surface area contributed by atoms with Crippen molar-refractivity contribution in [2.45, 2.75) is 13.3 Å². The van der Waals surface area contributed by atoms with E-state index in [1.165, 1.54) is 0 Å². The maximum absolute atomic E-state index is 12.0.